The van der Waals surface area contributed by atoms with Crippen LogP contribution >= 0.6 is 23.2 Å². The molecule has 0 saturated carbocycles. The van der Waals surface area contributed by atoms with Crippen molar-refractivity contribution in [3.63, 3.8) is 0 Å². The maximum Gasteiger partial charge on any atom is 0.0595 e. The van der Waals surface area contributed by atoms with Crippen molar-refractivity contribution in [1.29, 1.82) is 0 Å². The van der Waals surface area contributed by atoms with Gasteiger partial charge in [-0.1, -0.05) is 49.0 Å². The predicted octanol–water partition coefficient (Wildman–Crippen LogP) is 3.69. The van der Waals surface area contributed by atoms with Crippen molar-refractivity contribution in [2.24, 2.45) is 5.84 Å². The Hall–Kier alpha value is -0.280. The summed E-state index contributed by atoms with van der Waals surface area (Å²) in [4.78, 5) is 0. The summed E-state index contributed by atoms with van der Waals surface area (Å²) < 4.78 is 0. The second-order valence-electron chi connectivity index (χ2n) is 3.54. The van der Waals surface area contributed by atoms with Crippen LogP contribution in [0.3, 0.4) is 0 Å². The quantitative estimate of drug-likeness (QED) is 0.615. The van der Waals surface area contributed by atoms with Gasteiger partial charge in [0.1, 0.15) is 0 Å². The molecule has 1 aromatic rings. The first-order chi connectivity index (χ1) is 7.19. The zero-order valence-electron chi connectivity index (χ0n) is 8.76. The molecular formula is C11H16Cl2N2. The molecule has 2 nitrogen and oxygen atoms in total. The van der Waals surface area contributed by atoms with E-state index < -0.39 is 0 Å². The molecule has 0 aliphatic carbocycles. The molecule has 1 unspecified atom stereocenters. The zero-order valence-corrected chi connectivity index (χ0v) is 10.3. The average Bonchev–Trinajstić information content (AvgIpc) is 2.24. The van der Waals surface area contributed by atoms with Gasteiger partial charge in [-0.25, -0.2) is 0 Å². The van der Waals surface area contributed by atoms with Crippen LogP contribution in [0.2, 0.25) is 10.0 Å². The monoisotopic (exact) mass is 246 g/mol. The van der Waals surface area contributed by atoms with Crippen LogP contribution in [0.25, 0.3) is 0 Å². The minimum Gasteiger partial charge on any atom is -0.271 e. The topological polar surface area (TPSA) is 38.0 Å². The molecule has 0 radical (unpaired) electrons. The lowest BCUT2D eigenvalue weighted by Crippen LogP contribution is -2.27. The highest BCUT2D eigenvalue weighted by atomic mass is 35.5. The molecule has 84 valence electrons. The van der Waals surface area contributed by atoms with Crippen molar-refractivity contribution in [1.82, 2.24) is 5.43 Å². The maximum atomic E-state index is 5.95. The van der Waals surface area contributed by atoms with E-state index in [9.17, 15) is 0 Å². The molecule has 0 bridgehead atoms. The fourth-order valence-electron chi connectivity index (χ4n) is 1.48. The molecule has 1 atom stereocenters. The molecular weight excluding hydrogens is 231 g/mol. The van der Waals surface area contributed by atoms with Gasteiger partial charge in [0.2, 0.25) is 0 Å². The van der Waals surface area contributed by atoms with E-state index in [4.69, 9.17) is 29.0 Å². The third-order valence-corrected chi connectivity index (χ3v) is 3.13. The SMILES string of the molecule is CCCCC(NN)c1ccc(Cl)c(Cl)c1. The molecule has 0 spiro atoms. The Bertz CT molecular complexity index is 315. The van der Waals surface area contributed by atoms with E-state index in [1.807, 2.05) is 12.1 Å². The lowest BCUT2D eigenvalue weighted by atomic mass is 10.0. The molecule has 15 heavy (non-hydrogen) atoms. The van der Waals surface area contributed by atoms with Crippen molar-refractivity contribution >= 4 is 23.2 Å². The summed E-state index contributed by atoms with van der Waals surface area (Å²) in [5.74, 6) is 5.51. The van der Waals surface area contributed by atoms with Gasteiger partial charge < -0.3 is 0 Å². The minimum absolute atomic E-state index is 0.153. The predicted molar refractivity (Wildman–Crippen MR) is 66.1 cm³/mol. The first-order valence-corrected chi connectivity index (χ1v) is 5.85. The Morgan fingerprint density at radius 2 is 2.07 bits per heavy atom. The highest BCUT2D eigenvalue weighted by Crippen LogP contribution is 2.27. The Kier molecular flexibility index (Phi) is 5.40. The fraction of sp³-hybridized carbons (Fsp3) is 0.455. The summed E-state index contributed by atoms with van der Waals surface area (Å²) in [5, 5.41) is 1.15. The standard InChI is InChI=1S/C11H16Cl2N2/c1-2-3-4-11(15-14)8-5-6-9(12)10(13)7-8/h5-7,11,15H,2-4,14H2,1H3. The largest absolute Gasteiger partial charge is 0.271 e. The van der Waals surface area contributed by atoms with Crippen LogP contribution in [0.4, 0.5) is 0 Å². The number of rotatable bonds is 5. The van der Waals surface area contributed by atoms with Gasteiger partial charge in [-0.15, -0.1) is 0 Å². The number of hydrazine groups is 1. The number of hydrogen-bond donors (Lipinski definition) is 2. The molecule has 1 rings (SSSR count). The Morgan fingerprint density at radius 1 is 1.33 bits per heavy atom. The summed E-state index contributed by atoms with van der Waals surface area (Å²) in [5.41, 5.74) is 3.88. The van der Waals surface area contributed by atoms with E-state index in [2.05, 4.69) is 12.3 Å². The molecule has 0 fully saturated rings. The summed E-state index contributed by atoms with van der Waals surface area (Å²) >= 11 is 11.8. The van der Waals surface area contributed by atoms with Gasteiger partial charge in [0, 0.05) is 6.04 Å². The maximum absolute atomic E-state index is 5.95. The van der Waals surface area contributed by atoms with Crippen LogP contribution in [-0.4, -0.2) is 0 Å². The highest BCUT2D eigenvalue weighted by Gasteiger charge is 2.10. The van der Waals surface area contributed by atoms with Crippen LogP contribution in [0.15, 0.2) is 18.2 Å². The number of nitrogens with two attached hydrogens (primary N) is 1. The first-order valence-electron chi connectivity index (χ1n) is 5.10. The van der Waals surface area contributed by atoms with Crippen LogP contribution in [0.1, 0.15) is 37.8 Å². The number of nitrogens with one attached hydrogen (secondary N) is 1. The van der Waals surface area contributed by atoms with Crippen molar-refractivity contribution < 1.29 is 0 Å². The summed E-state index contributed by atoms with van der Waals surface area (Å²) in [6.07, 6.45) is 3.29. The normalized spacial score (nSPS) is 12.8. The van der Waals surface area contributed by atoms with Crippen molar-refractivity contribution in [3.8, 4) is 0 Å². The molecule has 4 heteroatoms. The van der Waals surface area contributed by atoms with Gasteiger partial charge in [0.25, 0.3) is 0 Å². The van der Waals surface area contributed by atoms with Gasteiger partial charge in [-0.2, -0.15) is 0 Å². The van der Waals surface area contributed by atoms with Crippen molar-refractivity contribution in [2.75, 3.05) is 0 Å². The number of benzene rings is 1. The van der Waals surface area contributed by atoms with E-state index in [1.54, 1.807) is 6.07 Å². The van der Waals surface area contributed by atoms with Gasteiger partial charge in [0.05, 0.1) is 10.0 Å². The zero-order chi connectivity index (χ0) is 11.3. The Balaban J connectivity index is 2.78. The van der Waals surface area contributed by atoms with E-state index in [0.29, 0.717) is 10.0 Å². The molecule has 0 heterocycles. The van der Waals surface area contributed by atoms with Crippen LogP contribution in [-0.2, 0) is 0 Å². The van der Waals surface area contributed by atoms with Crippen molar-refractivity contribution in [2.45, 2.75) is 32.2 Å². The third kappa shape index (κ3) is 3.65. The summed E-state index contributed by atoms with van der Waals surface area (Å²) in [6, 6.07) is 5.77. The average molecular weight is 247 g/mol. The van der Waals surface area contributed by atoms with Crippen LogP contribution < -0.4 is 11.3 Å². The van der Waals surface area contributed by atoms with Crippen LogP contribution in [0, 0.1) is 0 Å². The summed E-state index contributed by atoms with van der Waals surface area (Å²) in [6.45, 7) is 2.16. The van der Waals surface area contributed by atoms with Gasteiger partial charge >= 0.3 is 0 Å². The minimum atomic E-state index is 0.153. The molecule has 0 aliphatic rings. The summed E-state index contributed by atoms with van der Waals surface area (Å²) in [7, 11) is 0. The lowest BCUT2D eigenvalue weighted by Gasteiger charge is -2.16. The molecule has 0 aliphatic heterocycles. The van der Waals surface area contributed by atoms with Gasteiger partial charge in [0.15, 0.2) is 0 Å². The van der Waals surface area contributed by atoms with E-state index in [-0.39, 0.29) is 6.04 Å². The Morgan fingerprint density at radius 3 is 2.60 bits per heavy atom. The molecule has 0 amide bonds. The smallest absolute Gasteiger partial charge is 0.0595 e. The second kappa shape index (κ2) is 6.33. The Labute approximate surface area is 101 Å². The third-order valence-electron chi connectivity index (χ3n) is 2.39. The van der Waals surface area contributed by atoms with E-state index in [1.165, 1.54) is 0 Å². The number of halogens is 2. The first kappa shape index (κ1) is 12.8. The number of unbranched alkanes of at least 4 members (excludes halogenated alkanes) is 1. The molecule has 3 N–H and O–H groups in total. The lowest BCUT2D eigenvalue weighted by molar-refractivity contribution is 0.495. The molecule has 0 aromatic heterocycles. The van der Waals surface area contributed by atoms with Crippen LogP contribution in [0.5, 0.6) is 0 Å². The van der Waals surface area contributed by atoms with E-state index in [0.717, 1.165) is 24.8 Å². The highest BCUT2D eigenvalue weighted by molar-refractivity contribution is 6.42. The van der Waals surface area contributed by atoms with Gasteiger partial charge in [-0.05, 0) is 24.1 Å². The fourth-order valence-corrected chi connectivity index (χ4v) is 1.79. The number of hydrogen-bond acceptors (Lipinski definition) is 2. The molecule has 0 saturated heterocycles. The second-order valence-corrected chi connectivity index (χ2v) is 4.35. The van der Waals surface area contributed by atoms with Crippen molar-refractivity contribution in [3.05, 3.63) is 33.8 Å². The molecule has 1 aromatic carbocycles. The van der Waals surface area contributed by atoms with Gasteiger partial charge in [-0.3, -0.25) is 11.3 Å². The van der Waals surface area contributed by atoms with E-state index >= 15 is 0 Å².